The minimum absolute atomic E-state index is 0.00943. The molecule has 1 aromatic rings. The van der Waals surface area contributed by atoms with Crippen LogP contribution in [0.2, 0.25) is 0 Å². The fraction of sp³-hybridized carbons (Fsp3) is 0.364. The molecule has 1 unspecified atom stereocenters. The van der Waals surface area contributed by atoms with Crippen LogP contribution in [0.4, 0.5) is 0 Å². The van der Waals surface area contributed by atoms with Gasteiger partial charge in [0.15, 0.2) is 5.78 Å². The third-order valence-corrected chi connectivity index (χ3v) is 2.77. The van der Waals surface area contributed by atoms with Gasteiger partial charge in [0.1, 0.15) is 0 Å². The van der Waals surface area contributed by atoms with Gasteiger partial charge in [0.05, 0.1) is 5.38 Å². The monoisotopic (exact) mass is 274 g/mol. The molecule has 0 aliphatic rings. The number of hydrogen-bond donors (Lipinski definition) is 0. The fourth-order valence-corrected chi connectivity index (χ4v) is 1.78. The zero-order chi connectivity index (χ0) is 10.7. The Balaban J connectivity index is 3.17. The molecule has 0 saturated carbocycles. The maximum absolute atomic E-state index is 11.7. The van der Waals surface area contributed by atoms with Crippen molar-refractivity contribution in [2.75, 3.05) is 0 Å². The number of aryl methyl sites for hydroxylation is 1. The van der Waals surface area contributed by atoms with Gasteiger partial charge in [0.25, 0.3) is 0 Å². The van der Waals surface area contributed by atoms with Crippen molar-refractivity contribution in [3.63, 3.8) is 0 Å². The van der Waals surface area contributed by atoms with Gasteiger partial charge in [0, 0.05) is 10.0 Å². The van der Waals surface area contributed by atoms with Crippen LogP contribution in [-0.4, -0.2) is 11.2 Å². The molecule has 1 aromatic carbocycles. The smallest absolute Gasteiger partial charge is 0.180 e. The first-order chi connectivity index (χ1) is 6.56. The third kappa shape index (κ3) is 2.58. The van der Waals surface area contributed by atoms with E-state index in [1.54, 1.807) is 6.92 Å². The van der Waals surface area contributed by atoms with E-state index in [0.717, 1.165) is 22.0 Å². The number of Topliss-reactive ketones (excluding diaryl/α,β-unsaturated/α-hetero) is 1. The van der Waals surface area contributed by atoms with E-state index in [2.05, 4.69) is 15.9 Å². The second kappa shape index (κ2) is 4.94. The molecule has 76 valence electrons. The summed E-state index contributed by atoms with van der Waals surface area (Å²) < 4.78 is 0.912. The van der Waals surface area contributed by atoms with Crippen LogP contribution in [0, 0.1) is 0 Å². The molecule has 0 fully saturated rings. The Hall–Kier alpha value is -0.340. The molecular formula is C11H12BrClO. The zero-order valence-corrected chi connectivity index (χ0v) is 10.5. The predicted octanol–water partition coefficient (Wildman–Crippen LogP) is 3.82. The molecule has 0 spiro atoms. The Morgan fingerprint density at radius 1 is 1.57 bits per heavy atom. The average Bonchev–Trinajstić information content (AvgIpc) is 2.16. The van der Waals surface area contributed by atoms with Crippen LogP contribution in [0.3, 0.4) is 0 Å². The highest BCUT2D eigenvalue weighted by Crippen LogP contribution is 2.20. The van der Waals surface area contributed by atoms with Crippen molar-refractivity contribution in [3.05, 3.63) is 33.8 Å². The van der Waals surface area contributed by atoms with Crippen molar-refractivity contribution in [1.29, 1.82) is 0 Å². The summed E-state index contributed by atoms with van der Waals surface area (Å²) >= 11 is 9.13. The number of hydrogen-bond acceptors (Lipinski definition) is 1. The summed E-state index contributed by atoms with van der Waals surface area (Å²) in [7, 11) is 0. The van der Waals surface area contributed by atoms with E-state index in [4.69, 9.17) is 11.6 Å². The van der Waals surface area contributed by atoms with E-state index in [-0.39, 0.29) is 5.78 Å². The summed E-state index contributed by atoms with van der Waals surface area (Å²) in [5.41, 5.74) is 1.77. The molecule has 0 N–H and O–H groups in total. The van der Waals surface area contributed by atoms with Gasteiger partial charge in [-0.1, -0.05) is 28.9 Å². The Morgan fingerprint density at radius 2 is 2.21 bits per heavy atom. The van der Waals surface area contributed by atoms with Crippen LogP contribution in [0.25, 0.3) is 0 Å². The first-order valence-electron chi connectivity index (χ1n) is 4.53. The van der Waals surface area contributed by atoms with E-state index in [1.807, 2.05) is 25.1 Å². The Labute approximate surface area is 97.6 Å². The van der Waals surface area contributed by atoms with Crippen LogP contribution in [-0.2, 0) is 6.42 Å². The highest BCUT2D eigenvalue weighted by Gasteiger charge is 2.15. The minimum Gasteiger partial charge on any atom is -0.293 e. The number of alkyl halides is 1. The molecule has 0 aromatic heterocycles. The molecule has 0 heterocycles. The number of rotatable bonds is 3. The van der Waals surface area contributed by atoms with Gasteiger partial charge in [-0.05, 0) is 31.0 Å². The Morgan fingerprint density at radius 3 is 2.71 bits per heavy atom. The number of benzene rings is 1. The Bertz CT molecular complexity index is 347. The van der Waals surface area contributed by atoms with Gasteiger partial charge in [-0.2, -0.15) is 0 Å². The molecule has 0 saturated heterocycles. The topological polar surface area (TPSA) is 17.1 Å². The average molecular weight is 276 g/mol. The van der Waals surface area contributed by atoms with Crippen LogP contribution >= 0.6 is 27.5 Å². The van der Waals surface area contributed by atoms with E-state index in [1.165, 1.54) is 0 Å². The number of carbonyl (C=O) groups excluding carboxylic acids is 1. The lowest BCUT2D eigenvalue weighted by Crippen LogP contribution is -2.12. The molecule has 0 bridgehead atoms. The standard InChI is InChI=1S/C11H12BrClO/c1-3-8-4-5-9(12)6-10(8)11(14)7(2)13/h4-7H,3H2,1-2H3. The molecule has 1 rings (SSSR count). The highest BCUT2D eigenvalue weighted by molar-refractivity contribution is 9.10. The van der Waals surface area contributed by atoms with Crippen LogP contribution in [0.5, 0.6) is 0 Å². The normalized spacial score (nSPS) is 12.6. The first-order valence-corrected chi connectivity index (χ1v) is 5.76. The van der Waals surface area contributed by atoms with Crippen LogP contribution in [0.15, 0.2) is 22.7 Å². The maximum atomic E-state index is 11.7. The summed E-state index contributed by atoms with van der Waals surface area (Å²) in [6.07, 6.45) is 0.845. The molecule has 1 nitrogen and oxygen atoms in total. The van der Waals surface area contributed by atoms with Gasteiger partial charge in [0.2, 0.25) is 0 Å². The molecule has 3 heteroatoms. The lowest BCUT2D eigenvalue weighted by molar-refractivity contribution is 0.0991. The summed E-state index contributed by atoms with van der Waals surface area (Å²) in [6.45, 7) is 3.73. The van der Waals surface area contributed by atoms with Gasteiger partial charge < -0.3 is 0 Å². The quantitative estimate of drug-likeness (QED) is 0.605. The highest BCUT2D eigenvalue weighted by atomic mass is 79.9. The SMILES string of the molecule is CCc1ccc(Br)cc1C(=O)C(C)Cl. The van der Waals surface area contributed by atoms with Crippen molar-refractivity contribution in [1.82, 2.24) is 0 Å². The zero-order valence-electron chi connectivity index (χ0n) is 8.18. The molecule has 14 heavy (non-hydrogen) atoms. The van der Waals surface area contributed by atoms with Crippen molar-refractivity contribution < 1.29 is 4.79 Å². The second-order valence-corrected chi connectivity index (χ2v) is 4.71. The van der Waals surface area contributed by atoms with E-state index in [0.29, 0.717) is 0 Å². The van der Waals surface area contributed by atoms with Gasteiger partial charge >= 0.3 is 0 Å². The van der Waals surface area contributed by atoms with Crippen molar-refractivity contribution in [2.24, 2.45) is 0 Å². The minimum atomic E-state index is -0.463. The lowest BCUT2D eigenvalue weighted by atomic mass is 10.0. The number of ketones is 1. The summed E-state index contributed by atoms with van der Waals surface area (Å²) in [6, 6.07) is 5.73. The van der Waals surface area contributed by atoms with Crippen LogP contribution in [0.1, 0.15) is 29.8 Å². The number of carbonyl (C=O) groups is 1. The van der Waals surface area contributed by atoms with Crippen molar-refractivity contribution in [3.8, 4) is 0 Å². The summed E-state index contributed by atoms with van der Waals surface area (Å²) in [4.78, 5) is 11.7. The number of halogens is 2. The summed E-state index contributed by atoms with van der Waals surface area (Å²) in [5, 5.41) is -0.463. The molecule has 1 atom stereocenters. The molecule has 0 aliphatic heterocycles. The van der Waals surface area contributed by atoms with Gasteiger partial charge in [-0.25, -0.2) is 0 Å². The van der Waals surface area contributed by atoms with Gasteiger partial charge in [-0.15, -0.1) is 11.6 Å². The van der Waals surface area contributed by atoms with Crippen molar-refractivity contribution in [2.45, 2.75) is 25.6 Å². The molecular weight excluding hydrogens is 263 g/mol. The fourth-order valence-electron chi connectivity index (χ4n) is 1.30. The van der Waals surface area contributed by atoms with Gasteiger partial charge in [-0.3, -0.25) is 4.79 Å². The summed E-state index contributed by atoms with van der Waals surface area (Å²) in [5.74, 6) is -0.00943. The van der Waals surface area contributed by atoms with E-state index >= 15 is 0 Å². The Kier molecular flexibility index (Phi) is 4.14. The third-order valence-electron chi connectivity index (χ3n) is 2.08. The van der Waals surface area contributed by atoms with E-state index in [9.17, 15) is 4.79 Å². The molecule has 0 aliphatic carbocycles. The molecule has 0 radical (unpaired) electrons. The van der Waals surface area contributed by atoms with Crippen molar-refractivity contribution >= 4 is 33.3 Å². The lowest BCUT2D eigenvalue weighted by Gasteiger charge is -2.08. The largest absolute Gasteiger partial charge is 0.293 e. The second-order valence-electron chi connectivity index (χ2n) is 3.14. The van der Waals surface area contributed by atoms with Crippen LogP contribution < -0.4 is 0 Å². The maximum Gasteiger partial charge on any atom is 0.180 e. The molecule has 0 amide bonds. The van der Waals surface area contributed by atoms with E-state index < -0.39 is 5.38 Å². The predicted molar refractivity (Wildman–Crippen MR) is 63.2 cm³/mol. The first kappa shape index (κ1) is 11.7.